The van der Waals surface area contributed by atoms with E-state index in [9.17, 15) is 8.42 Å². The molecule has 0 aliphatic heterocycles. The maximum Gasteiger partial charge on any atom is 0.145 e. The lowest BCUT2D eigenvalue weighted by Gasteiger charge is -1.98. The Morgan fingerprint density at radius 2 is 1.86 bits per heavy atom. The van der Waals surface area contributed by atoms with Gasteiger partial charge in [0.15, 0.2) is 0 Å². The normalized spacial score (nSPS) is 10.9. The standard InChI is InChI=1S/C10H9NO2S/c12-14(13)7-9-6-5-8-3-1-2-4-10(8)11-9/h1-6,14H,7H2. The van der Waals surface area contributed by atoms with Crippen LogP contribution in [0.1, 0.15) is 5.69 Å². The van der Waals surface area contributed by atoms with Crippen molar-refractivity contribution in [3.8, 4) is 0 Å². The predicted molar refractivity (Wildman–Crippen MR) is 55.8 cm³/mol. The van der Waals surface area contributed by atoms with Crippen LogP contribution in [0.15, 0.2) is 36.4 Å². The number of para-hydroxylation sites is 1. The van der Waals surface area contributed by atoms with Crippen LogP contribution < -0.4 is 0 Å². The van der Waals surface area contributed by atoms with Crippen LogP contribution in [0.4, 0.5) is 0 Å². The number of rotatable bonds is 2. The fraction of sp³-hybridized carbons (Fsp3) is 0.100. The van der Waals surface area contributed by atoms with Crippen LogP contribution in [0.3, 0.4) is 0 Å². The van der Waals surface area contributed by atoms with Crippen molar-refractivity contribution in [1.29, 1.82) is 0 Å². The molecule has 1 aromatic carbocycles. The van der Waals surface area contributed by atoms with Gasteiger partial charge in [-0.25, -0.2) is 8.42 Å². The first-order valence-electron chi connectivity index (χ1n) is 4.22. The van der Waals surface area contributed by atoms with E-state index in [1.165, 1.54) is 0 Å². The molecule has 0 aliphatic rings. The molecule has 0 aliphatic carbocycles. The molecule has 1 heterocycles. The zero-order valence-corrected chi connectivity index (χ0v) is 8.28. The van der Waals surface area contributed by atoms with Gasteiger partial charge in [-0.3, -0.25) is 4.98 Å². The first-order chi connectivity index (χ1) is 6.75. The Hall–Kier alpha value is -1.42. The van der Waals surface area contributed by atoms with Gasteiger partial charge in [0.05, 0.1) is 17.0 Å². The average molecular weight is 207 g/mol. The van der Waals surface area contributed by atoms with E-state index in [0.717, 1.165) is 10.9 Å². The molecule has 3 nitrogen and oxygen atoms in total. The Morgan fingerprint density at radius 1 is 1.07 bits per heavy atom. The largest absolute Gasteiger partial charge is 0.252 e. The topological polar surface area (TPSA) is 47.0 Å². The molecule has 0 radical (unpaired) electrons. The van der Waals surface area contributed by atoms with E-state index >= 15 is 0 Å². The van der Waals surface area contributed by atoms with Gasteiger partial charge in [-0.15, -0.1) is 0 Å². The molecule has 14 heavy (non-hydrogen) atoms. The highest BCUT2D eigenvalue weighted by Gasteiger charge is 1.98. The minimum absolute atomic E-state index is 0.0141. The summed E-state index contributed by atoms with van der Waals surface area (Å²) in [4.78, 5) is 4.23. The quantitative estimate of drug-likeness (QED) is 0.756. The summed E-state index contributed by atoms with van der Waals surface area (Å²) in [5.74, 6) is 0.0141. The third-order valence-electron chi connectivity index (χ3n) is 1.95. The minimum Gasteiger partial charge on any atom is -0.252 e. The van der Waals surface area contributed by atoms with Gasteiger partial charge >= 0.3 is 0 Å². The number of thiol groups is 1. The molecule has 0 fully saturated rings. The second-order valence-electron chi connectivity index (χ2n) is 2.99. The van der Waals surface area contributed by atoms with Gasteiger partial charge in [-0.2, -0.15) is 0 Å². The van der Waals surface area contributed by atoms with Crippen LogP contribution in [0.5, 0.6) is 0 Å². The van der Waals surface area contributed by atoms with E-state index in [4.69, 9.17) is 0 Å². The van der Waals surface area contributed by atoms with Gasteiger partial charge in [-0.05, 0) is 12.1 Å². The molecule has 0 N–H and O–H groups in total. The predicted octanol–water partition coefficient (Wildman–Crippen LogP) is 1.35. The van der Waals surface area contributed by atoms with Crippen molar-refractivity contribution in [1.82, 2.24) is 4.98 Å². The molecule has 1 aromatic heterocycles. The molecule has 0 unspecified atom stereocenters. The van der Waals surface area contributed by atoms with Crippen molar-refractivity contribution in [3.63, 3.8) is 0 Å². The summed E-state index contributed by atoms with van der Waals surface area (Å²) in [5.41, 5.74) is 1.43. The van der Waals surface area contributed by atoms with Crippen LogP contribution in [-0.4, -0.2) is 13.4 Å². The summed E-state index contributed by atoms with van der Waals surface area (Å²) in [7, 11) is -2.39. The van der Waals surface area contributed by atoms with Crippen molar-refractivity contribution in [2.24, 2.45) is 0 Å². The number of aromatic nitrogens is 1. The molecular formula is C10H9NO2S. The fourth-order valence-corrected chi connectivity index (χ4v) is 1.77. The van der Waals surface area contributed by atoms with Crippen LogP contribution in [0.25, 0.3) is 10.9 Å². The summed E-state index contributed by atoms with van der Waals surface area (Å²) >= 11 is 0. The van der Waals surface area contributed by atoms with E-state index in [0.29, 0.717) is 5.69 Å². The van der Waals surface area contributed by atoms with E-state index in [2.05, 4.69) is 4.98 Å². The molecule has 0 saturated carbocycles. The number of nitrogens with zero attached hydrogens (tertiary/aromatic N) is 1. The smallest absolute Gasteiger partial charge is 0.145 e. The molecule has 0 bridgehead atoms. The van der Waals surface area contributed by atoms with Gasteiger partial charge in [0.1, 0.15) is 10.7 Å². The lowest BCUT2D eigenvalue weighted by molar-refractivity contribution is 0.613. The van der Waals surface area contributed by atoms with Gasteiger partial charge in [0.25, 0.3) is 0 Å². The average Bonchev–Trinajstić information content (AvgIpc) is 2.17. The molecule has 0 atom stereocenters. The van der Waals surface area contributed by atoms with Gasteiger partial charge < -0.3 is 0 Å². The molecule has 0 spiro atoms. The Kier molecular flexibility index (Phi) is 2.45. The minimum atomic E-state index is -2.39. The van der Waals surface area contributed by atoms with E-state index in [1.807, 2.05) is 30.3 Å². The first kappa shape index (κ1) is 9.15. The van der Waals surface area contributed by atoms with E-state index in [-0.39, 0.29) is 5.75 Å². The van der Waals surface area contributed by atoms with Crippen LogP contribution in [-0.2, 0) is 16.5 Å². The number of hydrogen-bond donors (Lipinski definition) is 1. The van der Waals surface area contributed by atoms with Crippen molar-refractivity contribution in [3.05, 3.63) is 42.1 Å². The summed E-state index contributed by atoms with van der Waals surface area (Å²) in [6.45, 7) is 0. The second kappa shape index (κ2) is 3.75. The van der Waals surface area contributed by atoms with Crippen LogP contribution in [0.2, 0.25) is 0 Å². The zero-order valence-electron chi connectivity index (χ0n) is 7.38. The summed E-state index contributed by atoms with van der Waals surface area (Å²) in [6, 6.07) is 11.3. The van der Waals surface area contributed by atoms with Gasteiger partial charge in [0, 0.05) is 5.39 Å². The number of pyridine rings is 1. The molecule has 2 rings (SSSR count). The number of benzene rings is 1. The molecule has 2 aromatic rings. The highest BCUT2D eigenvalue weighted by molar-refractivity contribution is 7.71. The lowest BCUT2D eigenvalue weighted by Crippen LogP contribution is -1.91. The van der Waals surface area contributed by atoms with E-state index in [1.54, 1.807) is 6.07 Å². The highest BCUT2D eigenvalue weighted by atomic mass is 32.2. The summed E-state index contributed by atoms with van der Waals surface area (Å²) in [5, 5.41) is 1.03. The maximum atomic E-state index is 10.5. The van der Waals surface area contributed by atoms with Gasteiger partial charge in [-0.1, -0.05) is 24.3 Å². The molecule has 0 saturated heterocycles. The Balaban J connectivity index is 2.51. The number of fused-ring (bicyclic) bond motifs is 1. The van der Waals surface area contributed by atoms with Crippen LogP contribution >= 0.6 is 0 Å². The molecule has 72 valence electrons. The number of hydrogen-bond acceptors (Lipinski definition) is 3. The van der Waals surface area contributed by atoms with Gasteiger partial charge in [0.2, 0.25) is 0 Å². The monoisotopic (exact) mass is 207 g/mol. The summed E-state index contributed by atoms with van der Waals surface area (Å²) < 4.78 is 21.0. The van der Waals surface area contributed by atoms with Crippen LogP contribution in [0, 0.1) is 0 Å². The SMILES string of the molecule is O=[SH](=O)Cc1ccc2ccccc2n1. The Morgan fingerprint density at radius 3 is 2.64 bits per heavy atom. The molecule has 4 heteroatoms. The maximum absolute atomic E-state index is 10.5. The Bertz CT molecular complexity index is 526. The lowest BCUT2D eigenvalue weighted by atomic mass is 10.2. The van der Waals surface area contributed by atoms with Crippen molar-refractivity contribution < 1.29 is 8.42 Å². The summed E-state index contributed by atoms with van der Waals surface area (Å²) in [6.07, 6.45) is 0. The molecule has 0 amide bonds. The Labute approximate surface area is 83.4 Å². The molecular weight excluding hydrogens is 198 g/mol. The fourth-order valence-electron chi connectivity index (χ4n) is 1.33. The zero-order chi connectivity index (χ0) is 9.97. The van der Waals surface area contributed by atoms with E-state index < -0.39 is 10.7 Å². The first-order valence-corrected chi connectivity index (χ1v) is 5.58. The second-order valence-corrected chi connectivity index (χ2v) is 3.97. The van der Waals surface area contributed by atoms with Crippen molar-refractivity contribution in [2.75, 3.05) is 0 Å². The van der Waals surface area contributed by atoms with Crippen molar-refractivity contribution >= 4 is 21.6 Å². The van der Waals surface area contributed by atoms with Crippen molar-refractivity contribution in [2.45, 2.75) is 5.75 Å². The highest BCUT2D eigenvalue weighted by Crippen LogP contribution is 2.11. The third kappa shape index (κ3) is 1.90. The third-order valence-corrected chi connectivity index (χ3v) is 2.53.